The van der Waals surface area contributed by atoms with E-state index in [0.29, 0.717) is 16.3 Å². The van der Waals surface area contributed by atoms with Crippen molar-refractivity contribution in [2.45, 2.75) is 6.92 Å². The molecule has 0 spiro atoms. The molecule has 0 aliphatic rings. The minimum Gasteiger partial charge on any atom is -0.497 e. The summed E-state index contributed by atoms with van der Waals surface area (Å²) in [4.78, 5) is 14.5. The first-order valence-electron chi connectivity index (χ1n) is 9.07. The minimum absolute atomic E-state index is 0.174. The zero-order valence-corrected chi connectivity index (χ0v) is 17.5. The van der Waals surface area contributed by atoms with Crippen LogP contribution in [0.1, 0.15) is 15.2 Å². The van der Waals surface area contributed by atoms with Crippen LogP contribution in [0.15, 0.2) is 48.5 Å². The Hall–Kier alpha value is -3.32. The van der Waals surface area contributed by atoms with Gasteiger partial charge in [-0.05, 0) is 42.8 Å². The largest absolute Gasteiger partial charge is 0.497 e. The number of amides is 1. The fourth-order valence-corrected chi connectivity index (χ4v) is 4.21. The second-order valence-electron chi connectivity index (χ2n) is 6.69. The predicted molar refractivity (Wildman–Crippen MR) is 116 cm³/mol. The number of carbonyl (C=O) groups is 1. The predicted octanol–water partition coefficient (Wildman–Crippen LogP) is 4.88. The highest BCUT2D eigenvalue weighted by Gasteiger charge is 2.19. The van der Waals surface area contributed by atoms with Crippen LogP contribution in [0.5, 0.6) is 11.5 Å². The third-order valence-electron chi connectivity index (χ3n) is 4.68. The molecule has 2 aromatic heterocycles. The van der Waals surface area contributed by atoms with E-state index in [-0.39, 0.29) is 5.91 Å². The number of anilines is 1. The van der Waals surface area contributed by atoms with E-state index in [0.717, 1.165) is 32.8 Å². The van der Waals surface area contributed by atoms with Crippen LogP contribution in [0.3, 0.4) is 0 Å². The summed E-state index contributed by atoms with van der Waals surface area (Å²) in [5, 5.41) is 8.54. The summed E-state index contributed by atoms with van der Waals surface area (Å²) >= 11 is 1.41. The van der Waals surface area contributed by atoms with Crippen molar-refractivity contribution in [2.75, 3.05) is 19.5 Å². The van der Waals surface area contributed by atoms with Crippen LogP contribution in [0, 0.1) is 6.92 Å². The molecule has 0 atom stereocenters. The van der Waals surface area contributed by atoms with Crippen molar-refractivity contribution in [3.63, 3.8) is 0 Å². The number of aromatic nitrogens is 2. The zero-order chi connectivity index (χ0) is 20.5. The summed E-state index contributed by atoms with van der Waals surface area (Å²) in [5.74, 6) is 1.22. The zero-order valence-electron chi connectivity index (χ0n) is 16.6. The van der Waals surface area contributed by atoms with E-state index in [9.17, 15) is 4.79 Å². The fourth-order valence-electron chi connectivity index (χ4n) is 3.24. The Bertz CT molecular complexity index is 1210. The number of nitrogens with one attached hydrogen (secondary N) is 1. The fraction of sp³-hybridized carbons (Fsp3) is 0.182. The van der Waals surface area contributed by atoms with Crippen molar-refractivity contribution in [1.29, 1.82) is 0 Å². The van der Waals surface area contributed by atoms with Gasteiger partial charge in [0.15, 0.2) is 0 Å². The van der Waals surface area contributed by atoms with Crippen molar-refractivity contribution in [3.05, 3.63) is 59.0 Å². The van der Waals surface area contributed by atoms with Crippen LogP contribution in [-0.2, 0) is 7.05 Å². The second-order valence-corrected chi connectivity index (χ2v) is 7.72. The molecule has 0 saturated carbocycles. The molecule has 0 fully saturated rings. The van der Waals surface area contributed by atoms with Crippen LogP contribution in [-0.4, -0.2) is 29.9 Å². The van der Waals surface area contributed by atoms with E-state index in [1.54, 1.807) is 18.9 Å². The summed E-state index contributed by atoms with van der Waals surface area (Å²) < 4.78 is 12.5. The molecule has 1 amide bonds. The maximum absolute atomic E-state index is 12.9. The summed E-state index contributed by atoms with van der Waals surface area (Å²) in [6.45, 7) is 1.97. The molecule has 1 N–H and O–H groups in total. The average molecular weight is 407 g/mol. The highest BCUT2D eigenvalue weighted by Crippen LogP contribution is 2.35. The standard InChI is InChI=1S/C22H21N3O3S/c1-13-8-9-18(28-4)17(10-13)23-21(26)19-12-16-20(24-25(2)22(16)29-19)14-6-5-7-15(11-14)27-3/h5-12H,1-4H3,(H,23,26). The summed E-state index contributed by atoms with van der Waals surface area (Å²) in [5.41, 5.74) is 3.47. The second kappa shape index (κ2) is 7.60. The monoisotopic (exact) mass is 407 g/mol. The van der Waals surface area contributed by atoms with Gasteiger partial charge in [0.25, 0.3) is 5.91 Å². The maximum atomic E-state index is 12.9. The van der Waals surface area contributed by atoms with E-state index in [1.807, 2.05) is 62.5 Å². The number of benzene rings is 2. The first-order valence-corrected chi connectivity index (χ1v) is 9.88. The molecule has 6 nitrogen and oxygen atoms in total. The Morgan fingerprint density at radius 3 is 2.69 bits per heavy atom. The lowest BCUT2D eigenvalue weighted by atomic mass is 10.1. The smallest absolute Gasteiger partial charge is 0.265 e. The van der Waals surface area contributed by atoms with Crippen molar-refractivity contribution < 1.29 is 14.3 Å². The molecule has 0 saturated heterocycles. The van der Waals surface area contributed by atoms with Gasteiger partial charge in [-0.3, -0.25) is 9.48 Å². The Labute approximate surface area is 172 Å². The summed E-state index contributed by atoms with van der Waals surface area (Å²) in [7, 11) is 5.11. The Balaban J connectivity index is 1.71. The minimum atomic E-state index is -0.174. The van der Waals surface area contributed by atoms with E-state index in [4.69, 9.17) is 9.47 Å². The van der Waals surface area contributed by atoms with Gasteiger partial charge in [0.2, 0.25) is 0 Å². The molecule has 0 aliphatic carbocycles. The van der Waals surface area contributed by atoms with Crippen molar-refractivity contribution in [2.24, 2.45) is 7.05 Å². The lowest BCUT2D eigenvalue weighted by molar-refractivity contribution is 0.103. The normalized spacial score (nSPS) is 10.9. The molecule has 0 aliphatic heterocycles. The third-order valence-corrected chi connectivity index (χ3v) is 5.88. The molecule has 7 heteroatoms. The van der Waals surface area contributed by atoms with Gasteiger partial charge in [0.05, 0.1) is 24.8 Å². The quantitative estimate of drug-likeness (QED) is 0.512. The van der Waals surface area contributed by atoms with Crippen LogP contribution < -0.4 is 14.8 Å². The number of aryl methyl sites for hydroxylation is 2. The number of carbonyl (C=O) groups excluding carboxylic acids is 1. The Morgan fingerprint density at radius 1 is 1.10 bits per heavy atom. The molecular weight excluding hydrogens is 386 g/mol. The van der Waals surface area contributed by atoms with Gasteiger partial charge in [-0.1, -0.05) is 18.2 Å². The lowest BCUT2D eigenvalue weighted by Crippen LogP contribution is -2.11. The third kappa shape index (κ3) is 3.56. The number of hydrogen-bond donors (Lipinski definition) is 1. The van der Waals surface area contributed by atoms with Crippen molar-refractivity contribution in [1.82, 2.24) is 9.78 Å². The molecule has 0 unspecified atom stereocenters. The highest BCUT2D eigenvalue weighted by molar-refractivity contribution is 7.20. The molecule has 4 rings (SSSR count). The van der Waals surface area contributed by atoms with E-state index in [2.05, 4.69) is 10.4 Å². The van der Waals surface area contributed by atoms with Gasteiger partial charge in [-0.2, -0.15) is 5.10 Å². The van der Waals surface area contributed by atoms with Crippen molar-refractivity contribution >= 4 is 33.1 Å². The number of methoxy groups -OCH3 is 2. The van der Waals surface area contributed by atoms with Crippen LogP contribution in [0.4, 0.5) is 5.69 Å². The SMILES string of the molecule is COc1cccc(-c2nn(C)c3sc(C(=O)Nc4cc(C)ccc4OC)cc23)c1. The van der Waals surface area contributed by atoms with Gasteiger partial charge in [-0.25, -0.2) is 0 Å². The molecule has 29 heavy (non-hydrogen) atoms. The Morgan fingerprint density at radius 2 is 1.93 bits per heavy atom. The van der Waals surface area contributed by atoms with Crippen LogP contribution in [0.25, 0.3) is 21.5 Å². The van der Waals surface area contributed by atoms with Crippen molar-refractivity contribution in [3.8, 4) is 22.8 Å². The first kappa shape index (κ1) is 19.0. The van der Waals surface area contributed by atoms with E-state index < -0.39 is 0 Å². The summed E-state index contributed by atoms with van der Waals surface area (Å²) in [6, 6.07) is 15.3. The maximum Gasteiger partial charge on any atom is 0.265 e. The van der Waals surface area contributed by atoms with Gasteiger partial charge in [0.1, 0.15) is 22.0 Å². The van der Waals surface area contributed by atoms with Gasteiger partial charge < -0.3 is 14.8 Å². The number of hydrogen-bond acceptors (Lipinski definition) is 5. The molecule has 2 aromatic carbocycles. The first-order chi connectivity index (χ1) is 14.0. The number of nitrogens with zero attached hydrogens (tertiary/aromatic N) is 2. The summed E-state index contributed by atoms with van der Waals surface area (Å²) in [6.07, 6.45) is 0. The number of fused-ring (bicyclic) bond motifs is 1. The molecule has 4 aromatic rings. The number of ether oxygens (including phenoxy) is 2. The van der Waals surface area contributed by atoms with Gasteiger partial charge in [-0.15, -0.1) is 11.3 Å². The van der Waals surface area contributed by atoms with E-state index in [1.165, 1.54) is 11.3 Å². The highest BCUT2D eigenvalue weighted by atomic mass is 32.1. The van der Waals surface area contributed by atoms with Gasteiger partial charge >= 0.3 is 0 Å². The Kier molecular flexibility index (Phi) is 4.98. The van der Waals surface area contributed by atoms with Gasteiger partial charge in [0, 0.05) is 18.0 Å². The molecule has 2 heterocycles. The number of rotatable bonds is 5. The van der Waals surface area contributed by atoms with E-state index >= 15 is 0 Å². The molecule has 0 bridgehead atoms. The molecule has 0 radical (unpaired) electrons. The topological polar surface area (TPSA) is 65.4 Å². The van der Waals surface area contributed by atoms with Crippen LogP contribution >= 0.6 is 11.3 Å². The molecule has 148 valence electrons. The molecular formula is C22H21N3O3S. The number of thiophene rings is 1. The lowest BCUT2D eigenvalue weighted by Gasteiger charge is -2.10. The van der Waals surface area contributed by atoms with Crippen LogP contribution in [0.2, 0.25) is 0 Å². The average Bonchev–Trinajstić information content (AvgIpc) is 3.29.